The normalized spacial score (nSPS) is 13.6. The van der Waals surface area contributed by atoms with Crippen LogP contribution in [0.4, 0.5) is 11.4 Å². The van der Waals surface area contributed by atoms with Crippen LogP contribution in [0, 0.1) is 0 Å². The molecule has 0 atom stereocenters. The van der Waals surface area contributed by atoms with Gasteiger partial charge >= 0.3 is 0 Å². The second kappa shape index (κ2) is 8.97. The Morgan fingerprint density at radius 3 is 2.54 bits per heavy atom. The number of hydrogen-bond donors (Lipinski definition) is 1. The van der Waals surface area contributed by atoms with Crippen LogP contribution < -0.4 is 10.2 Å². The van der Waals surface area contributed by atoms with E-state index in [4.69, 9.17) is 0 Å². The van der Waals surface area contributed by atoms with Gasteiger partial charge in [0, 0.05) is 43.4 Å². The first-order valence-electron chi connectivity index (χ1n) is 9.61. The number of carbonyl (C=O) groups excluding carboxylic acids is 1. The predicted octanol–water partition coefficient (Wildman–Crippen LogP) is 4.26. The number of anilines is 2. The second-order valence-corrected chi connectivity index (χ2v) is 7.84. The number of imidazole rings is 1. The topological polar surface area (TPSA) is 50.2 Å². The number of amides is 1. The largest absolute Gasteiger partial charge is 0.372 e. The van der Waals surface area contributed by atoms with E-state index in [9.17, 15) is 4.79 Å². The lowest BCUT2D eigenvalue weighted by atomic mass is 10.2. The molecule has 6 heteroatoms. The van der Waals surface area contributed by atoms with Crippen LogP contribution in [0.15, 0.2) is 72.1 Å². The third-order valence-corrected chi connectivity index (χ3v) is 5.83. The molecule has 0 radical (unpaired) electrons. The molecular formula is C22H24N4OS. The number of aromatic nitrogens is 2. The third-order valence-electron chi connectivity index (χ3n) is 4.83. The van der Waals surface area contributed by atoms with Crippen molar-refractivity contribution < 1.29 is 4.79 Å². The monoisotopic (exact) mass is 392 g/mol. The Morgan fingerprint density at radius 1 is 1.04 bits per heavy atom. The summed E-state index contributed by atoms with van der Waals surface area (Å²) in [5.41, 5.74) is 3.28. The van der Waals surface area contributed by atoms with Crippen LogP contribution in [-0.2, 0) is 11.3 Å². The average molecular weight is 393 g/mol. The van der Waals surface area contributed by atoms with Gasteiger partial charge in [0.25, 0.3) is 0 Å². The Balaban J connectivity index is 1.29. The molecule has 0 spiro atoms. The average Bonchev–Trinajstić information content (AvgIpc) is 3.40. The Kier molecular flexibility index (Phi) is 5.97. The van der Waals surface area contributed by atoms with E-state index >= 15 is 0 Å². The molecule has 4 rings (SSSR count). The lowest BCUT2D eigenvalue weighted by Crippen LogP contribution is -2.18. The van der Waals surface area contributed by atoms with Crippen molar-refractivity contribution in [2.45, 2.75) is 24.5 Å². The summed E-state index contributed by atoms with van der Waals surface area (Å²) in [6, 6.07) is 18.4. The predicted molar refractivity (Wildman–Crippen MR) is 115 cm³/mol. The maximum Gasteiger partial charge on any atom is 0.234 e. The molecule has 1 fully saturated rings. The number of thioether (sulfide) groups is 1. The molecule has 1 aromatic heterocycles. The smallest absolute Gasteiger partial charge is 0.234 e. The van der Waals surface area contributed by atoms with Crippen LogP contribution in [0.5, 0.6) is 0 Å². The van der Waals surface area contributed by atoms with Crippen LogP contribution in [0.1, 0.15) is 18.4 Å². The molecule has 3 aromatic rings. The van der Waals surface area contributed by atoms with E-state index in [1.165, 1.54) is 35.9 Å². The fraction of sp³-hybridized carbons (Fsp3) is 0.273. The molecule has 0 bridgehead atoms. The van der Waals surface area contributed by atoms with Gasteiger partial charge in [0.1, 0.15) is 0 Å². The molecule has 28 heavy (non-hydrogen) atoms. The zero-order valence-corrected chi connectivity index (χ0v) is 16.6. The molecular weight excluding hydrogens is 368 g/mol. The van der Waals surface area contributed by atoms with Crippen LogP contribution in [-0.4, -0.2) is 34.3 Å². The van der Waals surface area contributed by atoms with Gasteiger partial charge in [-0.05, 0) is 42.7 Å². The van der Waals surface area contributed by atoms with Crippen molar-refractivity contribution >= 4 is 29.0 Å². The molecule has 1 amide bonds. The number of nitrogens with zero attached hydrogens (tertiary/aromatic N) is 3. The van der Waals surface area contributed by atoms with Crippen molar-refractivity contribution in [2.75, 3.05) is 29.1 Å². The van der Waals surface area contributed by atoms with Crippen LogP contribution >= 0.6 is 11.8 Å². The maximum atomic E-state index is 12.3. The summed E-state index contributed by atoms with van der Waals surface area (Å²) in [6.45, 7) is 3.00. The number of carbonyl (C=O) groups is 1. The van der Waals surface area contributed by atoms with Crippen molar-refractivity contribution in [3.05, 3.63) is 72.6 Å². The van der Waals surface area contributed by atoms with Crippen molar-refractivity contribution in [2.24, 2.45) is 0 Å². The van der Waals surface area contributed by atoms with E-state index in [1.807, 2.05) is 36.5 Å². The van der Waals surface area contributed by atoms with E-state index in [1.54, 1.807) is 6.20 Å². The minimum Gasteiger partial charge on any atom is -0.372 e. The first-order chi connectivity index (χ1) is 13.8. The van der Waals surface area contributed by atoms with Gasteiger partial charge in [0.15, 0.2) is 5.16 Å². The summed E-state index contributed by atoms with van der Waals surface area (Å²) >= 11 is 1.46. The molecule has 2 heterocycles. The molecule has 0 aliphatic carbocycles. The molecule has 2 aromatic carbocycles. The quantitative estimate of drug-likeness (QED) is 0.611. The summed E-state index contributed by atoms with van der Waals surface area (Å²) in [7, 11) is 0. The molecule has 144 valence electrons. The van der Waals surface area contributed by atoms with Crippen LogP contribution in [0.3, 0.4) is 0 Å². The molecule has 1 saturated heterocycles. The van der Waals surface area contributed by atoms with Gasteiger partial charge in [-0.15, -0.1) is 0 Å². The highest BCUT2D eigenvalue weighted by molar-refractivity contribution is 7.99. The van der Waals surface area contributed by atoms with E-state index in [0.29, 0.717) is 5.75 Å². The highest BCUT2D eigenvalue weighted by Crippen LogP contribution is 2.22. The fourth-order valence-corrected chi connectivity index (χ4v) is 4.15. The van der Waals surface area contributed by atoms with Crippen molar-refractivity contribution in [3.8, 4) is 0 Å². The van der Waals surface area contributed by atoms with Crippen molar-refractivity contribution in [3.63, 3.8) is 0 Å². The van der Waals surface area contributed by atoms with Crippen molar-refractivity contribution in [1.82, 2.24) is 9.55 Å². The SMILES string of the molecule is O=C(CSc1nccn1Cc1ccccc1)Nc1ccc(N2CCCC2)cc1. The molecule has 0 unspecified atom stereocenters. The van der Waals surface area contributed by atoms with Gasteiger partial charge in [-0.3, -0.25) is 4.79 Å². The van der Waals surface area contributed by atoms with E-state index in [2.05, 4.69) is 44.0 Å². The number of benzene rings is 2. The third kappa shape index (κ3) is 4.75. The lowest BCUT2D eigenvalue weighted by Gasteiger charge is -2.17. The molecule has 1 aliphatic rings. The second-order valence-electron chi connectivity index (χ2n) is 6.90. The molecule has 5 nitrogen and oxygen atoms in total. The maximum absolute atomic E-state index is 12.3. The number of nitrogens with one attached hydrogen (secondary N) is 1. The van der Waals surface area contributed by atoms with Gasteiger partial charge in [0.2, 0.25) is 5.91 Å². The first-order valence-corrected chi connectivity index (χ1v) is 10.6. The molecule has 1 aliphatic heterocycles. The Labute approximate surface area is 169 Å². The van der Waals surface area contributed by atoms with Gasteiger partial charge < -0.3 is 14.8 Å². The molecule has 0 saturated carbocycles. The Bertz CT molecular complexity index is 902. The minimum atomic E-state index is -0.0202. The number of hydrogen-bond acceptors (Lipinski definition) is 4. The van der Waals surface area contributed by atoms with Gasteiger partial charge in [0.05, 0.1) is 5.75 Å². The summed E-state index contributed by atoms with van der Waals surface area (Å²) in [4.78, 5) is 19.1. The van der Waals surface area contributed by atoms with E-state index < -0.39 is 0 Å². The lowest BCUT2D eigenvalue weighted by molar-refractivity contribution is -0.113. The zero-order chi connectivity index (χ0) is 19.2. The van der Waals surface area contributed by atoms with E-state index in [0.717, 1.165) is 30.5 Å². The van der Waals surface area contributed by atoms with Crippen LogP contribution in [0.25, 0.3) is 0 Å². The van der Waals surface area contributed by atoms with Gasteiger partial charge in [-0.2, -0.15) is 0 Å². The summed E-state index contributed by atoms with van der Waals surface area (Å²) < 4.78 is 2.07. The van der Waals surface area contributed by atoms with Gasteiger partial charge in [-0.25, -0.2) is 4.98 Å². The molecule has 1 N–H and O–H groups in total. The zero-order valence-electron chi connectivity index (χ0n) is 15.8. The highest BCUT2D eigenvalue weighted by Gasteiger charge is 2.12. The Hall–Kier alpha value is -2.73. The van der Waals surface area contributed by atoms with Crippen molar-refractivity contribution in [1.29, 1.82) is 0 Å². The standard InChI is InChI=1S/C22H24N4OS/c27-21(24-19-8-10-20(11-9-19)25-13-4-5-14-25)17-28-22-23-12-15-26(22)16-18-6-2-1-3-7-18/h1-3,6-12,15H,4-5,13-14,16-17H2,(H,24,27). The fourth-order valence-electron chi connectivity index (χ4n) is 3.39. The highest BCUT2D eigenvalue weighted by atomic mass is 32.2. The first kappa shape index (κ1) is 18.6. The summed E-state index contributed by atoms with van der Waals surface area (Å²) in [6.07, 6.45) is 6.25. The van der Waals surface area contributed by atoms with Gasteiger partial charge in [-0.1, -0.05) is 42.1 Å². The Morgan fingerprint density at radius 2 is 1.79 bits per heavy atom. The summed E-state index contributed by atoms with van der Waals surface area (Å²) in [5.74, 6) is 0.313. The van der Waals surface area contributed by atoms with E-state index in [-0.39, 0.29) is 5.91 Å². The minimum absolute atomic E-state index is 0.0202. The van der Waals surface area contributed by atoms with Crippen LogP contribution in [0.2, 0.25) is 0 Å². The number of rotatable bonds is 7. The summed E-state index contributed by atoms with van der Waals surface area (Å²) in [5, 5.41) is 3.83.